The molecule has 0 amide bonds. The SMILES string of the molecule is Cc1cc(C)cc(OC(CCBr)C(=O)O)c1. The maximum Gasteiger partial charge on any atom is 0.344 e. The molecule has 3 nitrogen and oxygen atoms in total. The number of rotatable bonds is 5. The van der Waals surface area contributed by atoms with Gasteiger partial charge in [0, 0.05) is 11.8 Å². The van der Waals surface area contributed by atoms with E-state index in [2.05, 4.69) is 15.9 Å². The minimum atomic E-state index is -0.932. The van der Waals surface area contributed by atoms with Crippen molar-refractivity contribution in [2.24, 2.45) is 0 Å². The lowest BCUT2D eigenvalue weighted by molar-refractivity contribution is -0.145. The van der Waals surface area contributed by atoms with E-state index in [9.17, 15) is 4.79 Å². The van der Waals surface area contributed by atoms with Crippen LogP contribution in [0, 0.1) is 13.8 Å². The van der Waals surface area contributed by atoms with Gasteiger partial charge in [0.15, 0.2) is 6.10 Å². The van der Waals surface area contributed by atoms with Crippen molar-refractivity contribution < 1.29 is 14.6 Å². The van der Waals surface area contributed by atoms with Gasteiger partial charge in [-0.05, 0) is 37.1 Å². The van der Waals surface area contributed by atoms with Crippen molar-refractivity contribution in [1.82, 2.24) is 0 Å². The molecule has 0 saturated heterocycles. The minimum Gasteiger partial charge on any atom is -0.479 e. The second-order valence-corrected chi connectivity index (χ2v) is 4.54. The van der Waals surface area contributed by atoms with Crippen LogP contribution in [-0.4, -0.2) is 22.5 Å². The summed E-state index contributed by atoms with van der Waals surface area (Å²) in [5, 5.41) is 9.56. The number of aliphatic carboxylic acids is 1. The Kier molecular flexibility index (Phi) is 4.80. The number of hydrogen-bond donors (Lipinski definition) is 1. The number of ether oxygens (including phenoxy) is 1. The van der Waals surface area contributed by atoms with Crippen LogP contribution in [0.1, 0.15) is 17.5 Å². The molecule has 0 aliphatic rings. The van der Waals surface area contributed by atoms with Gasteiger partial charge >= 0.3 is 5.97 Å². The lowest BCUT2D eigenvalue weighted by Gasteiger charge is -2.14. The molecule has 0 spiro atoms. The molecule has 1 aromatic rings. The molecule has 88 valence electrons. The second-order valence-electron chi connectivity index (χ2n) is 3.75. The molecule has 1 unspecified atom stereocenters. The molecule has 0 aromatic heterocycles. The van der Waals surface area contributed by atoms with Gasteiger partial charge in [0.05, 0.1) is 0 Å². The molecule has 0 radical (unpaired) electrons. The Balaban J connectivity index is 2.80. The van der Waals surface area contributed by atoms with Gasteiger partial charge < -0.3 is 9.84 Å². The fourth-order valence-electron chi connectivity index (χ4n) is 1.50. The third-order valence-electron chi connectivity index (χ3n) is 2.12. The van der Waals surface area contributed by atoms with Crippen LogP contribution in [0.4, 0.5) is 0 Å². The monoisotopic (exact) mass is 286 g/mol. The van der Waals surface area contributed by atoms with Crippen molar-refractivity contribution in [3.05, 3.63) is 29.3 Å². The zero-order valence-corrected chi connectivity index (χ0v) is 11.0. The largest absolute Gasteiger partial charge is 0.479 e. The topological polar surface area (TPSA) is 46.5 Å². The van der Waals surface area contributed by atoms with E-state index in [0.29, 0.717) is 17.5 Å². The highest BCUT2D eigenvalue weighted by molar-refractivity contribution is 9.09. The highest BCUT2D eigenvalue weighted by atomic mass is 79.9. The molecule has 1 atom stereocenters. The number of carboxylic acids is 1. The Bertz CT molecular complexity index is 356. The molecular weight excluding hydrogens is 272 g/mol. The smallest absolute Gasteiger partial charge is 0.344 e. The second kappa shape index (κ2) is 5.89. The van der Waals surface area contributed by atoms with Crippen LogP contribution < -0.4 is 4.74 Å². The first-order valence-electron chi connectivity index (χ1n) is 5.06. The highest BCUT2D eigenvalue weighted by Gasteiger charge is 2.18. The van der Waals surface area contributed by atoms with Gasteiger partial charge in [-0.15, -0.1) is 0 Å². The Morgan fingerprint density at radius 1 is 1.38 bits per heavy atom. The summed E-state index contributed by atoms with van der Waals surface area (Å²) in [6, 6.07) is 5.71. The van der Waals surface area contributed by atoms with Gasteiger partial charge in [-0.25, -0.2) is 4.79 Å². The summed E-state index contributed by atoms with van der Waals surface area (Å²) in [5.74, 6) is -0.315. The summed E-state index contributed by atoms with van der Waals surface area (Å²) in [7, 11) is 0. The van der Waals surface area contributed by atoms with Crippen LogP contribution in [0.2, 0.25) is 0 Å². The van der Waals surface area contributed by atoms with Crippen molar-refractivity contribution >= 4 is 21.9 Å². The molecule has 0 saturated carbocycles. The number of halogens is 1. The van der Waals surface area contributed by atoms with Crippen LogP contribution in [0.15, 0.2) is 18.2 Å². The fourth-order valence-corrected chi connectivity index (χ4v) is 1.91. The molecule has 0 heterocycles. The van der Waals surface area contributed by atoms with E-state index >= 15 is 0 Å². The van der Waals surface area contributed by atoms with E-state index in [4.69, 9.17) is 9.84 Å². The highest BCUT2D eigenvalue weighted by Crippen LogP contribution is 2.18. The minimum absolute atomic E-state index is 0.447. The number of carboxylic acid groups (broad SMARTS) is 1. The fraction of sp³-hybridized carbons (Fsp3) is 0.417. The predicted molar refractivity (Wildman–Crippen MR) is 66.4 cm³/mol. The standard InChI is InChI=1S/C12H15BrO3/c1-8-5-9(2)7-10(6-8)16-11(3-4-13)12(14)15/h5-7,11H,3-4H2,1-2H3,(H,14,15). The van der Waals surface area contributed by atoms with E-state index in [1.165, 1.54) is 0 Å². The van der Waals surface area contributed by atoms with Crippen LogP contribution >= 0.6 is 15.9 Å². The van der Waals surface area contributed by atoms with Gasteiger partial charge in [0.25, 0.3) is 0 Å². The van der Waals surface area contributed by atoms with E-state index in [1.54, 1.807) is 0 Å². The molecule has 1 N–H and O–H groups in total. The van der Waals surface area contributed by atoms with Crippen molar-refractivity contribution in [2.45, 2.75) is 26.4 Å². The normalized spacial score (nSPS) is 12.2. The van der Waals surface area contributed by atoms with Crippen LogP contribution in [-0.2, 0) is 4.79 Å². The number of hydrogen-bond acceptors (Lipinski definition) is 2. The van der Waals surface area contributed by atoms with Crippen LogP contribution in [0.25, 0.3) is 0 Å². The third-order valence-corrected chi connectivity index (χ3v) is 2.58. The summed E-state index contributed by atoms with van der Waals surface area (Å²) >= 11 is 3.22. The van der Waals surface area contributed by atoms with Crippen LogP contribution in [0.3, 0.4) is 0 Å². The molecule has 4 heteroatoms. The molecule has 0 bridgehead atoms. The number of alkyl halides is 1. The average Bonchev–Trinajstić information content (AvgIpc) is 2.15. The number of benzene rings is 1. The lowest BCUT2D eigenvalue weighted by Crippen LogP contribution is -2.27. The Hall–Kier alpha value is -1.03. The first-order chi connectivity index (χ1) is 7.52. The third kappa shape index (κ3) is 3.85. The molecule has 1 aromatic carbocycles. The van der Waals surface area contributed by atoms with Crippen molar-refractivity contribution in [3.63, 3.8) is 0 Å². The summed E-state index contributed by atoms with van der Waals surface area (Å²) < 4.78 is 5.45. The van der Waals surface area contributed by atoms with E-state index in [0.717, 1.165) is 11.1 Å². The van der Waals surface area contributed by atoms with Crippen molar-refractivity contribution in [1.29, 1.82) is 0 Å². The van der Waals surface area contributed by atoms with Gasteiger partial charge in [-0.3, -0.25) is 0 Å². The maximum absolute atomic E-state index is 10.9. The van der Waals surface area contributed by atoms with Crippen LogP contribution in [0.5, 0.6) is 5.75 Å². The molecule has 16 heavy (non-hydrogen) atoms. The zero-order chi connectivity index (χ0) is 12.1. The number of carbonyl (C=O) groups is 1. The molecule has 0 aliphatic heterocycles. The average molecular weight is 287 g/mol. The summed E-state index contributed by atoms with van der Waals surface area (Å²) in [4.78, 5) is 10.9. The maximum atomic E-state index is 10.9. The van der Waals surface area contributed by atoms with Gasteiger partial charge in [0.1, 0.15) is 5.75 Å². The summed E-state index contributed by atoms with van der Waals surface area (Å²) in [6.45, 7) is 3.92. The number of aryl methyl sites for hydroxylation is 2. The Morgan fingerprint density at radius 2 is 1.94 bits per heavy atom. The zero-order valence-electron chi connectivity index (χ0n) is 9.37. The Labute approximate surface area is 104 Å². The molecule has 0 fully saturated rings. The molecule has 1 rings (SSSR count). The van der Waals surface area contributed by atoms with Crippen molar-refractivity contribution in [3.8, 4) is 5.75 Å². The Morgan fingerprint density at radius 3 is 2.38 bits per heavy atom. The van der Waals surface area contributed by atoms with E-state index in [1.807, 2.05) is 32.0 Å². The lowest BCUT2D eigenvalue weighted by atomic mass is 10.1. The van der Waals surface area contributed by atoms with E-state index < -0.39 is 12.1 Å². The predicted octanol–water partition coefficient (Wildman–Crippen LogP) is 2.92. The van der Waals surface area contributed by atoms with Gasteiger partial charge in [-0.1, -0.05) is 22.0 Å². The van der Waals surface area contributed by atoms with Crippen molar-refractivity contribution in [2.75, 3.05) is 5.33 Å². The summed E-state index contributed by atoms with van der Waals surface area (Å²) in [5.41, 5.74) is 2.14. The first-order valence-corrected chi connectivity index (χ1v) is 6.19. The van der Waals surface area contributed by atoms with E-state index in [-0.39, 0.29) is 0 Å². The first kappa shape index (κ1) is 13.0. The molecule has 0 aliphatic carbocycles. The molecular formula is C12H15BrO3. The van der Waals surface area contributed by atoms with Gasteiger partial charge in [0.2, 0.25) is 0 Å². The summed E-state index contributed by atoms with van der Waals surface area (Å²) in [6.07, 6.45) is -0.344. The quantitative estimate of drug-likeness (QED) is 0.847. The van der Waals surface area contributed by atoms with Gasteiger partial charge in [-0.2, -0.15) is 0 Å².